The Morgan fingerprint density at radius 1 is 1.45 bits per heavy atom. The summed E-state index contributed by atoms with van der Waals surface area (Å²) in [5.41, 5.74) is 4.95. The molecule has 62 valence electrons. The number of aromatic nitrogens is 2. The number of halogens is 3. The Morgan fingerprint density at radius 3 is 2.36 bits per heavy atom. The summed E-state index contributed by atoms with van der Waals surface area (Å²) in [5.74, 6) is -1.52. The highest BCUT2D eigenvalue weighted by atomic mass is 19.4. The lowest BCUT2D eigenvalue weighted by molar-refractivity contribution is -0.159. The minimum absolute atomic E-state index is 0.155. The molecule has 0 unspecified atom stereocenters. The van der Waals surface area contributed by atoms with E-state index in [-0.39, 0.29) is 12.4 Å². The number of alkyl halides is 3. The molecule has 2 N–H and O–H groups in total. The maximum atomic E-state index is 11.7. The second-order valence-corrected chi connectivity index (χ2v) is 1.72. The monoisotopic (exact) mass is 167 g/mol. The SMILES string of the molecule is NCc1noc(C(F)(F)F)n1. The Morgan fingerprint density at radius 2 is 2.09 bits per heavy atom. The van der Waals surface area contributed by atoms with Gasteiger partial charge in [0, 0.05) is 0 Å². The van der Waals surface area contributed by atoms with Crippen LogP contribution in [0, 0.1) is 0 Å². The zero-order chi connectivity index (χ0) is 8.48. The van der Waals surface area contributed by atoms with Gasteiger partial charge in [0.2, 0.25) is 0 Å². The van der Waals surface area contributed by atoms with Crippen molar-refractivity contribution in [2.75, 3.05) is 0 Å². The predicted molar refractivity (Wildman–Crippen MR) is 27.2 cm³/mol. The van der Waals surface area contributed by atoms with E-state index < -0.39 is 12.1 Å². The van der Waals surface area contributed by atoms with E-state index in [9.17, 15) is 13.2 Å². The summed E-state index contributed by atoms with van der Waals surface area (Å²) in [6, 6.07) is 0. The number of nitrogens with zero attached hydrogens (tertiary/aromatic N) is 2. The molecule has 0 aliphatic heterocycles. The van der Waals surface area contributed by atoms with Gasteiger partial charge in [0.05, 0.1) is 6.54 Å². The van der Waals surface area contributed by atoms with E-state index in [2.05, 4.69) is 14.7 Å². The summed E-state index contributed by atoms with van der Waals surface area (Å²) in [6.45, 7) is -0.167. The molecule has 0 atom stereocenters. The molecule has 0 amide bonds. The Balaban J connectivity index is 2.89. The Hall–Kier alpha value is -1.11. The van der Waals surface area contributed by atoms with Crippen LogP contribution in [0.25, 0.3) is 0 Å². The Bertz CT molecular complexity index is 243. The lowest BCUT2D eigenvalue weighted by Crippen LogP contribution is -2.06. The molecule has 0 aliphatic rings. The van der Waals surface area contributed by atoms with E-state index in [1.54, 1.807) is 0 Å². The fourth-order valence-corrected chi connectivity index (χ4v) is 0.452. The average molecular weight is 167 g/mol. The standard InChI is InChI=1S/C4H4F3N3O/c5-4(6,7)3-9-2(1-8)10-11-3/h1,8H2. The van der Waals surface area contributed by atoms with E-state index >= 15 is 0 Å². The van der Waals surface area contributed by atoms with Gasteiger partial charge in [-0.1, -0.05) is 5.16 Å². The van der Waals surface area contributed by atoms with Crippen molar-refractivity contribution >= 4 is 0 Å². The molecule has 0 bridgehead atoms. The van der Waals surface area contributed by atoms with Gasteiger partial charge in [-0.05, 0) is 0 Å². The molecule has 0 spiro atoms. The molecule has 1 heterocycles. The normalized spacial score (nSPS) is 12.0. The van der Waals surface area contributed by atoms with E-state index in [4.69, 9.17) is 5.73 Å². The molecular weight excluding hydrogens is 163 g/mol. The topological polar surface area (TPSA) is 64.9 Å². The van der Waals surface area contributed by atoms with E-state index in [0.29, 0.717) is 0 Å². The smallest absolute Gasteiger partial charge is 0.329 e. The summed E-state index contributed by atoms with van der Waals surface area (Å²) >= 11 is 0. The van der Waals surface area contributed by atoms with Crippen molar-refractivity contribution in [2.24, 2.45) is 5.73 Å². The van der Waals surface area contributed by atoms with Gasteiger partial charge in [0.25, 0.3) is 0 Å². The van der Waals surface area contributed by atoms with Crippen LogP contribution in [0.15, 0.2) is 4.52 Å². The summed E-state index contributed by atoms with van der Waals surface area (Å²) in [5, 5.41) is 2.97. The lowest BCUT2D eigenvalue weighted by Gasteiger charge is -1.95. The summed E-state index contributed by atoms with van der Waals surface area (Å²) in [7, 11) is 0. The van der Waals surface area contributed by atoms with Crippen molar-refractivity contribution in [1.29, 1.82) is 0 Å². The largest absolute Gasteiger partial charge is 0.471 e. The number of rotatable bonds is 1. The zero-order valence-corrected chi connectivity index (χ0v) is 5.22. The van der Waals surface area contributed by atoms with Crippen molar-refractivity contribution < 1.29 is 17.7 Å². The highest BCUT2D eigenvalue weighted by molar-refractivity contribution is 4.88. The van der Waals surface area contributed by atoms with E-state index in [0.717, 1.165) is 0 Å². The van der Waals surface area contributed by atoms with E-state index in [1.165, 1.54) is 0 Å². The van der Waals surface area contributed by atoms with Crippen LogP contribution >= 0.6 is 0 Å². The zero-order valence-electron chi connectivity index (χ0n) is 5.22. The third-order valence-corrected chi connectivity index (χ3v) is 0.893. The molecule has 7 heteroatoms. The molecule has 11 heavy (non-hydrogen) atoms. The quantitative estimate of drug-likeness (QED) is 0.663. The summed E-state index contributed by atoms with van der Waals surface area (Å²) in [6.07, 6.45) is -4.58. The van der Waals surface area contributed by atoms with Gasteiger partial charge in [-0.15, -0.1) is 0 Å². The third-order valence-electron chi connectivity index (χ3n) is 0.893. The first-order valence-corrected chi connectivity index (χ1v) is 2.64. The number of hydrogen-bond acceptors (Lipinski definition) is 4. The highest BCUT2D eigenvalue weighted by Crippen LogP contribution is 2.26. The van der Waals surface area contributed by atoms with Crippen LogP contribution in [0.3, 0.4) is 0 Å². The van der Waals surface area contributed by atoms with Crippen LogP contribution in [0.4, 0.5) is 13.2 Å². The second kappa shape index (κ2) is 2.50. The molecule has 0 fully saturated rings. The van der Waals surface area contributed by atoms with E-state index in [1.807, 2.05) is 0 Å². The van der Waals surface area contributed by atoms with Crippen LogP contribution < -0.4 is 5.73 Å². The molecule has 1 rings (SSSR count). The van der Waals surface area contributed by atoms with Gasteiger partial charge < -0.3 is 10.3 Å². The van der Waals surface area contributed by atoms with Gasteiger partial charge in [0.1, 0.15) is 0 Å². The average Bonchev–Trinajstić information content (AvgIpc) is 2.32. The van der Waals surface area contributed by atoms with Gasteiger partial charge in [0.15, 0.2) is 5.82 Å². The van der Waals surface area contributed by atoms with Crippen LogP contribution in [-0.2, 0) is 12.7 Å². The minimum Gasteiger partial charge on any atom is -0.329 e. The fourth-order valence-electron chi connectivity index (χ4n) is 0.452. The molecule has 0 aromatic carbocycles. The third kappa shape index (κ3) is 1.67. The molecule has 1 aromatic heterocycles. The van der Waals surface area contributed by atoms with Crippen LogP contribution in [0.1, 0.15) is 11.7 Å². The fraction of sp³-hybridized carbons (Fsp3) is 0.500. The van der Waals surface area contributed by atoms with Crippen molar-refractivity contribution in [2.45, 2.75) is 12.7 Å². The van der Waals surface area contributed by atoms with Crippen LogP contribution in [0.5, 0.6) is 0 Å². The number of hydrogen-bond donors (Lipinski definition) is 1. The molecule has 0 saturated carbocycles. The van der Waals surface area contributed by atoms with Gasteiger partial charge >= 0.3 is 12.1 Å². The summed E-state index contributed by atoms with van der Waals surface area (Å²) in [4.78, 5) is 2.97. The van der Waals surface area contributed by atoms with Crippen molar-refractivity contribution in [3.05, 3.63) is 11.7 Å². The lowest BCUT2D eigenvalue weighted by atomic mass is 10.6. The summed E-state index contributed by atoms with van der Waals surface area (Å²) < 4.78 is 39.0. The van der Waals surface area contributed by atoms with Crippen molar-refractivity contribution in [3.8, 4) is 0 Å². The molecule has 0 radical (unpaired) electrons. The van der Waals surface area contributed by atoms with Crippen molar-refractivity contribution in [1.82, 2.24) is 10.1 Å². The first-order chi connectivity index (χ1) is 5.04. The van der Waals surface area contributed by atoms with Gasteiger partial charge in [-0.3, -0.25) is 0 Å². The highest BCUT2D eigenvalue weighted by Gasteiger charge is 2.38. The second-order valence-electron chi connectivity index (χ2n) is 1.72. The van der Waals surface area contributed by atoms with Gasteiger partial charge in [-0.25, -0.2) is 0 Å². The molecule has 4 nitrogen and oxygen atoms in total. The maximum absolute atomic E-state index is 11.7. The first-order valence-electron chi connectivity index (χ1n) is 2.64. The first kappa shape index (κ1) is 7.99. The molecule has 0 aliphatic carbocycles. The molecule has 1 aromatic rings. The maximum Gasteiger partial charge on any atom is 0.471 e. The Kier molecular flexibility index (Phi) is 1.81. The number of nitrogens with two attached hydrogens (primary N) is 1. The van der Waals surface area contributed by atoms with Crippen LogP contribution in [0.2, 0.25) is 0 Å². The Labute approximate surface area is 59.2 Å². The van der Waals surface area contributed by atoms with Gasteiger partial charge in [-0.2, -0.15) is 18.2 Å². The molecular formula is C4H4F3N3O. The minimum atomic E-state index is -4.58. The predicted octanol–water partition coefficient (Wildman–Crippen LogP) is 0.547. The van der Waals surface area contributed by atoms with Crippen molar-refractivity contribution in [3.63, 3.8) is 0 Å². The van der Waals surface area contributed by atoms with Crippen LogP contribution in [-0.4, -0.2) is 10.1 Å². The molecule has 0 saturated heterocycles.